The van der Waals surface area contributed by atoms with E-state index in [1.165, 1.54) is 0 Å². The predicted molar refractivity (Wildman–Crippen MR) is 130 cm³/mol. The fourth-order valence-corrected chi connectivity index (χ4v) is 1.47. The Hall–Kier alpha value is -2.28. The summed E-state index contributed by atoms with van der Waals surface area (Å²) >= 11 is 0. The first-order valence-corrected chi connectivity index (χ1v) is 11.6. The summed E-state index contributed by atoms with van der Waals surface area (Å²) in [5.74, 6) is -2.81. The number of carboxylic acid groups (broad SMARTS) is 4. The van der Waals surface area contributed by atoms with Gasteiger partial charge in [0.05, 0.1) is 31.8 Å². The quantitative estimate of drug-likeness (QED) is 0.155. The van der Waals surface area contributed by atoms with Gasteiger partial charge in [0.25, 0.3) is 0 Å². The van der Waals surface area contributed by atoms with Crippen molar-refractivity contribution in [2.75, 3.05) is 26.4 Å². The summed E-state index contributed by atoms with van der Waals surface area (Å²) in [6.45, 7) is 5.96. The van der Waals surface area contributed by atoms with Gasteiger partial charge in [-0.05, 0) is 25.7 Å². The van der Waals surface area contributed by atoms with Gasteiger partial charge in [-0.1, -0.05) is 40.5 Å². The van der Waals surface area contributed by atoms with E-state index in [0.717, 1.165) is 38.5 Å². The van der Waals surface area contributed by atoms with Crippen molar-refractivity contribution in [2.45, 2.75) is 91.9 Å². The van der Waals surface area contributed by atoms with E-state index < -0.39 is 55.7 Å². The average Bonchev–Trinajstić information content (AvgIpc) is 2.77. The molecule has 0 spiro atoms. The second kappa shape index (κ2) is 33.9. The second-order valence-corrected chi connectivity index (χ2v) is 7.41. The highest BCUT2D eigenvalue weighted by Gasteiger charge is 2.26. The summed E-state index contributed by atoms with van der Waals surface area (Å²) in [5, 5.41) is 65.9. The van der Waals surface area contributed by atoms with E-state index in [1.54, 1.807) is 0 Å². The zero-order valence-electron chi connectivity index (χ0n) is 21.6. The number of hydrogen-bond acceptors (Lipinski definition) is 8. The Balaban J connectivity index is -0.000000108. The Morgan fingerprint density at radius 1 is 0.457 bits per heavy atom. The zero-order chi connectivity index (χ0) is 28.7. The molecule has 0 aliphatic rings. The lowest BCUT2D eigenvalue weighted by Gasteiger charge is -2.23. The molecule has 0 rings (SSSR count). The Bertz CT molecular complexity index is 435. The topological polar surface area (TPSA) is 230 Å². The number of carboxylic acids is 4. The van der Waals surface area contributed by atoms with Crippen molar-refractivity contribution in [3.8, 4) is 0 Å². The van der Waals surface area contributed by atoms with Crippen LogP contribution in [-0.2, 0) is 19.2 Å². The molecule has 35 heavy (non-hydrogen) atoms. The molecule has 0 aromatic carbocycles. The SMILES string of the molecule is CCCC(=O)O.CCCC(=O)O.CCCC(=O)O.CCCCCC(=O)O.OCC(CO)(CO)CO. The first-order valence-electron chi connectivity index (χ1n) is 11.6. The Kier molecular flexibility index (Phi) is 41.5. The lowest BCUT2D eigenvalue weighted by Crippen LogP contribution is -2.37. The van der Waals surface area contributed by atoms with Gasteiger partial charge in [0.1, 0.15) is 0 Å². The molecule has 0 unspecified atom stereocenters. The molecule has 0 saturated carbocycles. The summed E-state index contributed by atoms with van der Waals surface area (Å²) in [6.07, 6.45) is 6.35. The number of aliphatic hydroxyl groups excluding tert-OH is 4. The van der Waals surface area contributed by atoms with Crippen LogP contribution in [0.2, 0.25) is 0 Å². The van der Waals surface area contributed by atoms with E-state index in [4.69, 9.17) is 40.9 Å². The Labute approximate surface area is 208 Å². The minimum absolute atomic E-state index is 0.292. The van der Waals surface area contributed by atoms with Crippen molar-refractivity contribution in [2.24, 2.45) is 5.41 Å². The first kappa shape index (κ1) is 42.8. The molecule has 0 aromatic heterocycles. The molecule has 0 atom stereocenters. The summed E-state index contributed by atoms with van der Waals surface area (Å²) in [6, 6.07) is 0. The monoisotopic (exact) mass is 516 g/mol. The maximum absolute atomic E-state index is 9.87. The van der Waals surface area contributed by atoms with Crippen LogP contribution in [0.4, 0.5) is 0 Å². The smallest absolute Gasteiger partial charge is 0.303 e. The molecular weight excluding hydrogens is 468 g/mol. The van der Waals surface area contributed by atoms with Gasteiger partial charge >= 0.3 is 23.9 Å². The summed E-state index contributed by atoms with van der Waals surface area (Å²) in [5.41, 5.74) is -1.11. The van der Waals surface area contributed by atoms with Crippen LogP contribution in [-0.4, -0.2) is 91.2 Å². The molecule has 0 saturated heterocycles. The van der Waals surface area contributed by atoms with E-state index in [2.05, 4.69) is 6.92 Å². The third-order valence-electron chi connectivity index (χ3n) is 3.73. The number of rotatable bonds is 14. The zero-order valence-corrected chi connectivity index (χ0v) is 21.6. The third kappa shape index (κ3) is 49.8. The van der Waals surface area contributed by atoms with Gasteiger partial charge in [-0.2, -0.15) is 0 Å². The highest BCUT2D eigenvalue weighted by atomic mass is 16.4. The number of aliphatic hydroxyl groups is 4. The molecule has 212 valence electrons. The molecule has 0 radical (unpaired) electrons. The lowest BCUT2D eigenvalue weighted by atomic mass is 9.93. The first-order chi connectivity index (χ1) is 16.3. The number of hydrogen-bond donors (Lipinski definition) is 8. The van der Waals surface area contributed by atoms with Crippen molar-refractivity contribution < 1.29 is 60.0 Å². The van der Waals surface area contributed by atoms with Crippen molar-refractivity contribution in [1.29, 1.82) is 0 Å². The van der Waals surface area contributed by atoms with Gasteiger partial charge in [0, 0.05) is 25.7 Å². The minimum Gasteiger partial charge on any atom is -0.481 e. The highest BCUT2D eigenvalue weighted by molar-refractivity contribution is 5.67. The molecule has 0 aromatic rings. The Morgan fingerprint density at radius 2 is 0.714 bits per heavy atom. The van der Waals surface area contributed by atoms with Gasteiger partial charge in [-0.3, -0.25) is 19.2 Å². The molecule has 0 fully saturated rings. The van der Waals surface area contributed by atoms with Crippen LogP contribution in [0.25, 0.3) is 0 Å². The molecule has 12 nitrogen and oxygen atoms in total. The lowest BCUT2D eigenvalue weighted by molar-refractivity contribution is -0.138. The van der Waals surface area contributed by atoms with Crippen LogP contribution < -0.4 is 0 Å². The van der Waals surface area contributed by atoms with Crippen molar-refractivity contribution >= 4 is 23.9 Å². The molecule has 0 aliphatic carbocycles. The maximum Gasteiger partial charge on any atom is 0.303 e. The van der Waals surface area contributed by atoms with Gasteiger partial charge in [-0.15, -0.1) is 0 Å². The fourth-order valence-electron chi connectivity index (χ4n) is 1.47. The molecular formula is C23H48O12. The van der Waals surface area contributed by atoms with Gasteiger partial charge in [0.2, 0.25) is 0 Å². The van der Waals surface area contributed by atoms with Crippen LogP contribution in [0.3, 0.4) is 0 Å². The molecule has 12 heteroatoms. The van der Waals surface area contributed by atoms with Crippen LogP contribution in [0, 0.1) is 5.41 Å². The van der Waals surface area contributed by atoms with Crippen LogP contribution in [0.5, 0.6) is 0 Å². The van der Waals surface area contributed by atoms with Crippen molar-refractivity contribution in [1.82, 2.24) is 0 Å². The average molecular weight is 517 g/mol. The van der Waals surface area contributed by atoms with E-state index in [-0.39, 0.29) is 0 Å². The van der Waals surface area contributed by atoms with E-state index >= 15 is 0 Å². The number of aliphatic carboxylic acids is 4. The van der Waals surface area contributed by atoms with Crippen LogP contribution in [0.15, 0.2) is 0 Å². The Morgan fingerprint density at radius 3 is 0.800 bits per heavy atom. The summed E-state index contributed by atoms with van der Waals surface area (Å²) < 4.78 is 0. The maximum atomic E-state index is 9.87. The van der Waals surface area contributed by atoms with E-state index in [1.807, 2.05) is 20.8 Å². The molecule has 0 bridgehead atoms. The normalized spacial score (nSPS) is 9.37. The molecule has 0 heterocycles. The third-order valence-corrected chi connectivity index (χ3v) is 3.73. The molecule has 0 aliphatic heterocycles. The van der Waals surface area contributed by atoms with Crippen LogP contribution >= 0.6 is 0 Å². The molecule has 0 amide bonds. The largest absolute Gasteiger partial charge is 0.481 e. The van der Waals surface area contributed by atoms with Crippen molar-refractivity contribution in [3.05, 3.63) is 0 Å². The van der Waals surface area contributed by atoms with Gasteiger partial charge in [-0.25, -0.2) is 0 Å². The second-order valence-electron chi connectivity index (χ2n) is 7.41. The standard InChI is InChI=1S/C6H12O2.C5H12O4.3C4H8O2/c1-2-3-4-5-6(7)8;6-1-5(2-7,3-8)4-9;3*1-2-3-4(5)6/h2-5H2,1H3,(H,7,8);6-9H,1-4H2;3*2-3H2,1H3,(H,5,6). The molecule has 8 N–H and O–H groups in total. The summed E-state index contributed by atoms with van der Waals surface area (Å²) in [4.78, 5) is 38.7. The number of carbonyl (C=O) groups is 4. The van der Waals surface area contributed by atoms with Crippen LogP contribution in [0.1, 0.15) is 91.9 Å². The van der Waals surface area contributed by atoms with Gasteiger partial charge < -0.3 is 40.9 Å². The minimum atomic E-state index is -1.11. The van der Waals surface area contributed by atoms with Crippen molar-refractivity contribution in [3.63, 3.8) is 0 Å². The highest BCUT2D eigenvalue weighted by Crippen LogP contribution is 2.11. The predicted octanol–water partition coefficient (Wildman–Crippen LogP) is 2.21. The summed E-state index contributed by atoms with van der Waals surface area (Å²) in [7, 11) is 0. The fraction of sp³-hybridized carbons (Fsp3) is 0.826. The van der Waals surface area contributed by atoms with Gasteiger partial charge in [0.15, 0.2) is 0 Å². The number of unbranched alkanes of at least 4 members (excludes halogenated alkanes) is 2. The van der Waals surface area contributed by atoms with E-state index in [0.29, 0.717) is 25.7 Å². The van der Waals surface area contributed by atoms with E-state index in [9.17, 15) is 19.2 Å².